The minimum absolute atomic E-state index is 0.0733. The third-order valence-corrected chi connectivity index (χ3v) is 2.06. The third kappa shape index (κ3) is 5.12. The van der Waals surface area contributed by atoms with Gasteiger partial charge in [-0.05, 0) is 26.7 Å². The number of aromatic nitrogens is 2. The van der Waals surface area contributed by atoms with Gasteiger partial charge in [0.2, 0.25) is 0 Å². The molecule has 0 saturated heterocycles. The van der Waals surface area contributed by atoms with Crippen LogP contribution in [-0.2, 0) is 0 Å². The Labute approximate surface area is 108 Å². The lowest BCUT2D eigenvalue weighted by Crippen LogP contribution is -2.29. The van der Waals surface area contributed by atoms with Crippen LogP contribution in [0.1, 0.15) is 45.1 Å². The van der Waals surface area contributed by atoms with Crippen LogP contribution >= 0.6 is 0 Å². The smallest absolute Gasteiger partial charge is 0.271 e. The van der Waals surface area contributed by atoms with Crippen molar-refractivity contribution in [2.75, 3.05) is 11.9 Å². The van der Waals surface area contributed by atoms with Crippen LogP contribution in [0.3, 0.4) is 0 Å². The number of nitrogens with zero attached hydrogens (tertiary/aromatic N) is 2. The molecule has 0 fully saturated rings. The molecule has 0 bridgehead atoms. The van der Waals surface area contributed by atoms with Crippen LogP contribution in [0.5, 0.6) is 0 Å². The summed E-state index contributed by atoms with van der Waals surface area (Å²) >= 11 is 0. The maximum atomic E-state index is 11.7. The molecule has 0 aliphatic rings. The zero-order valence-electron chi connectivity index (χ0n) is 11.7. The predicted molar refractivity (Wildman–Crippen MR) is 72.6 cm³/mol. The lowest BCUT2D eigenvalue weighted by atomic mass is 10.1. The van der Waals surface area contributed by atoms with E-state index in [-0.39, 0.29) is 11.4 Å². The SMILES string of the molecule is CC(C)CNC(=O)c1cnc(NC(C)(C)C)cn1. The van der Waals surface area contributed by atoms with Gasteiger partial charge in [0.15, 0.2) is 0 Å². The Balaban J connectivity index is 2.62. The van der Waals surface area contributed by atoms with Crippen LogP contribution in [0, 0.1) is 5.92 Å². The highest BCUT2D eigenvalue weighted by atomic mass is 16.1. The minimum Gasteiger partial charge on any atom is -0.364 e. The number of nitrogens with one attached hydrogen (secondary N) is 2. The normalized spacial score (nSPS) is 11.4. The molecule has 0 aliphatic heterocycles. The molecule has 1 amide bonds. The van der Waals surface area contributed by atoms with Gasteiger partial charge in [-0.2, -0.15) is 0 Å². The number of anilines is 1. The van der Waals surface area contributed by atoms with Crippen molar-refractivity contribution in [1.29, 1.82) is 0 Å². The van der Waals surface area contributed by atoms with Crippen LogP contribution < -0.4 is 10.6 Å². The van der Waals surface area contributed by atoms with Crippen molar-refractivity contribution in [1.82, 2.24) is 15.3 Å². The summed E-state index contributed by atoms with van der Waals surface area (Å²) in [5.41, 5.74) is 0.269. The van der Waals surface area contributed by atoms with E-state index in [0.717, 1.165) is 0 Å². The number of carbonyl (C=O) groups is 1. The fourth-order valence-electron chi connectivity index (χ4n) is 1.28. The van der Waals surface area contributed by atoms with Gasteiger partial charge in [0.05, 0.1) is 12.4 Å². The predicted octanol–water partition coefficient (Wildman–Crippen LogP) is 2.07. The average Bonchev–Trinajstić information content (AvgIpc) is 2.24. The van der Waals surface area contributed by atoms with Crippen LogP contribution in [0.4, 0.5) is 5.82 Å². The van der Waals surface area contributed by atoms with E-state index in [1.165, 1.54) is 6.20 Å². The van der Waals surface area contributed by atoms with Gasteiger partial charge >= 0.3 is 0 Å². The van der Waals surface area contributed by atoms with Crippen molar-refractivity contribution in [3.8, 4) is 0 Å². The molecule has 1 rings (SSSR count). The standard InChI is InChI=1S/C13H22N4O/c1-9(2)6-16-12(18)10-7-15-11(8-14-10)17-13(3,4)5/h7-9H,6H2,1-5H3,(H,15,17)(H,16,18). The second kappa shape index (κ2) is 5.80. The summed E-state index contributed by atoms with van der Waals surface area (Å²) < 4.78 is 0. The molecule has 5 nitrogen and oxygen atoms in total. The Morgan fingerprint density at radius 1 is 1.28 bits per heavy atom. The zero-order valence-corrected chi connectivity index (χ0v) is 11.7. The second-order valence-electron chi connectivity index (χ2n) is 5.77. The Morgan fingerprint density at radius 3 is 2.39 bits per heavy atom. The fraction of sp³-hybridized carbons (Fsp3) is 0.615. The first-order valence-electron chi connectivity index (χ1n) is 6.16. The summed E-state index contributed by atoms with van der Waals surface area (Å²) in [6.45, 7) is 10.8. The number of hydrogen-bond donors (Lipinski definition) is 2. The lowest BCUT2D eigenvalue weighted by Gasteiger charge is -2.20. The monoisotopic (exact) mass is 250 g/mol. The van der Waals surface area contributed by atoms with E-state index < -0.39 is 0 Å². The summed E-state index contributed by atoms with van der Waals surface area (Å²) in [4.78, 5) is 20.0. The van der Waals surface area contributed by atoms with Crippen LogP contribution in [0.25, 0.3) is 0 Å². The molecule has 0 unspecified atom stereocenters. The average molecular weight is 250 g/mol. The first-order chi connectivity index (χ1) is 8.28. The van der Waals surface area contributed by atoms with Crippen LogP contribution in [0.15, 0.2) is 12.4 Å². The lowest BCUT2D eigenvalue weighted by molar-refractivity contribution is 0.0943. The molecule has 100 valence electrons. The highest BCUT2D eigenvalue weighted by Gasteiger charge is 2.12. The van der Waals surface area contributed by atoms with Gasteiger partial charge in [0.25, 0.3) is 5.91 Å². The molecule has 0 aliphatic carbocycles. The number of rotatable bonds is 4. The van der Waals surface area contributed by atoms with Crippen molar-refractivity contribution in [2.24, 2.45) is 5.92 Å². The summed E-state index contributed by atoms with van der Waals surface area (Å²) in [6, 6.07) is 0. The van der Waals surface area contributed by atoms with Crippen molar-refractivity contribution in [3.63, 3.8) is 0 Å². The van der Waals surface area contributed by atoms with Gasteiger partial charge in [-0.3, -0.25) is 4.79 Å². The molecular formula is C13H22N4O. The quantitative estimate of drug-likeness (QED) is 0.858. The van der Waals surface area contributed by atoms with Gasteiger partial charge in [0.1, 0.15) is 11.5 Å². The second-order valence-corrected chi connectivity index (χ2v) is 5.77. The molecule has 5 heteroatoms. The van der Waals surface area contributed by atoms with E-state index in [1.54, 1.807) is 6.20 Å². The first kappa shape index (κ1) is 14.4. The highest BCUT2D eigenvalue weighted by molar-refractivity contribution is 5.91. The van der Waals surface area contributed by atoms with Crippen molar-refractivity contribution in [2.45, 2.75) is 40.2 Å². The summed E-state index contributed by atoms with van der Waals surface area (Å²) in [5.74, 6) is 0.908. The molecule has 1 aromatic rings. The zero-order chi connectivity index (χ0) is 13.8. The van der Waals surface area contributed by atoms with Gasteiger partial charge in [-0.15, -0.1) is 0 Å². The number of carbonyl (C=O) groups excluding carboxylic acids is 1. The molecule has 0 radical (unpaired) electrons. The van der Waals surface area contributed by atoms with E-state index in [9.17, 15) is 4.79 Å². The number of amides is 1. The minimum atomic E-state index is -0.182. The Kier molecular flexibility index (Phi) is 4.64. The molecule has 0 spiro atoms. The fourth-order valence-corrected chi connectivity index (χ4v) is 1.28. The van der Waals surface area contributed by atoms with Crippen molar-refractivity contribution < 1.29 is 4.79 Å². The summed E-state index contributed by atoms with van der Waals surface area (Å²) in [5, 5.41) is 6.00. The van der Waals surface area contributed by atoms with Gasteiger partial charge in [0, 0.05) is 12.1 Å². The largest absolute Gasteiger partial charge is 0.364 e. The van der Waals surface area contributed by atoms with E-state index in [0.29, 0.717) is 24.0 Å². The molecule has 1 aromatic heterocycles. The van der Waals surface area contributed by atoms with Crippen LogP contribution in [-0.4, -0.2) is 28.0 Å². The molecule has 1 heterocycles. The van der Waals surface area contributed by atoms with E-state index >= 15 is 0 Å². The summed E-state index contributed by atoms with van der Waals surface area (Å²) in [6.07, 6.45) is 3.07. The summed E-state index contributed by atoms with van der Waals surface area (Å²) in [7, 11) is 0. The van der Waals surface area contributed by atoms with E-state index in [1.807, 2.05) is 34.6 Å². The Morgan fingerprint density at radius 2 is 1.94 bits per heavy atom. The molecule has 2 N–H and O–H groups in total. The molecule has 0 atom stereocenters. The molecule has 0 saturated carbocycles. The molecule has 0 aromatic carbocycles. The van der Waals surface area contributed by atoms with E-state index in [4.69, 9.17) is 0 Å². The maximum absolute atomic E-state index is 11.7. The van der Waals surface area contributed by atoms with Gasteiger partial charge in [-0.1, -0.05) is 13.8 Å². The Bertz CT molecular complexity index is 392. The van der Waals surface area contributed by atoms with Gasteiger partial charge in [-0.25, -0.2) is 9.97 Å². The van der Waals surface area contributed by atoms with E-state index in [2.05, 4.69) is 20.6 Å². The van der Waals surface area contributed by atoms with Crippen molar-refractivity contribution in [3.05, 3.63) is 18.1 Å². The van der Waals surface area contributed by atoms with Crippen molar-refractivity contribution >= 4 is 11.7 Å². The highest BCUT2D eigenvalue weighted by Crippen LogP contribution is 2.10. The third-order valence-electron chi connectivity index (χ3n) is 2.06. The van der Waals surface area contributed by atoms with Crippen LogP contribution in [0.2, 0.25) is 0 Å². The topological polar surface area (TPSA) is 66.9 Å². The molecule has 18 heavy (non-hydrogen) atoms. The number of hydrogen-bond acceptors (Lipinski definition) is 4. The maximum Gasteiger partial charge on any atom is 0.271 e. The molecular weight excluding hydrogens is 228 g/mol. The first-order valence-corrected chi connectivity index (χ1v) is 6.16. The van der Waals surface area contributed by atoms with Gasteiger partial charge < -0.3 is 10.6 Å². The Hall–Kier alpha value is -1.65.